The molecule has 0 amide bonds. The van der Waals surface area contributed by atoms with Crippen molar-refractivity contribution in [3.8, 4) is 11.5 Å². The number of rotatable bonds is 10. The number of ether oxygens (including phenoxy) is 2. The largest absolute Gasteiger partial charge is 0.478 e. The molecule has 0 aliphatic rings. The first-order valence-electron chi connectivity index (χ1n) is 13.9. The van der Waals surface area contributed by atoms with Crippen LogP contribution in [0.1, 0.15) is 73.3 Å². The van der Waals surface area contributed by atoms with E-state index in [1.54, 1.807) is 0 Å². The first-order chi connectivity index (χ1) is 24.5. The van der Waals surface area contributed by atoms with Crippen molar-refractivity contribution in [1.29, 1.82) is 0 Å². The van der Waals surface area contributed by atoms with Gasteiger partial charge in [-0.05, 0) is 104 Å². The van der Waals surface area contributed by atoms with E-state index < -0.39 is 119 Å². The Morgan fingerprint density at radius 1 is 0.472 bits per heavy atom. The van der Waals surface area contributed by atoms with E-state index in [9.17, 15) is 65.3 Å². The zero-order valence-corrected chi connectivity index (χ0v) is 28.7. The Morgan fingerprint density at radius 3 is 1.06 bits per heavy atom. The molecule has 20 heteroatoms. The van der Waals surface area contributed by atoms with Gasteiger partial charge >= 0.3 is 48.2 Å². The standard InChI is InChI=1S/C33H16Br2F6O12/c34-21-11-15(3-7-23(21)52-29(50)13-1-5-17(25(42)43)19(9-13)27(46)47)31(32(36,37)38,33(39,40)41)16-4-8-24(22(35)12-16)53-30(51)14-2-6-18(26(44)45)20(10-14)28(48)49/h1-12H,(H,42,43)(H,44,45)(H,46,47)(H,48,49). The summed E-state index contributed by atoms with van der Waals surface area (Å²) >= 11 is 5.59. The minimum absolute atomic E-state index is 0.368. The lowest BCUT2D eigenvalue weighted by atomic mass is 9.73. The summed E-state index contributed by atoms with van der Waals surface area (Å²) in [4.78, 5) is 71.0. The Bertz CT molecular complexity index is 2060. The number of benzene rings is 4. The van der Waals surface area contributed by atoms with Crippen LogP contribution in [0.25, 0.3) is 0 Å². The number of halogens is 8. The smallest absolute Gasteiger partial charge is 0.411 e. The highest BCUT2D eigenvalue weighted by atomic mass is 79.9. The van der Waals surface area contributed by atoms with Gasteiger partial charge in [-0.2, -0.15) is 26.3 Å². The molecule has 0 fully saturated rings. The zero-order valence-electron chi connectivity index (χ0n) is 25.5. The van der Waals surface area contributed by atoms with Gasteiger partial charge in [0.2, 0.25) is 5.41 Å². The van der Waals surface area contributed by atoms with Crippen LogP contribution in [0.2, 0.25) is 0 Å². The predicted molar refractivity (Wildman–Crippen MR) is 172 cm³/mol. The van der Waals surface area contributed by atoms with Gasteiger partial charge in [-0.15, -0.1) is 0 Å². The second-order valence-corrected chi connectivity index (χ2v) is 12.3. The highest BCUT2D eigenvalue weighted by Gasteiger charge is 2.72. The molecule has 0 aliphatic heterocycles. The van der Waals surface area contributed by atoms with Gasteiger partial charge in [0.05, 0.1) is 42.3 Å². The van der Waals surface area contributed by atoms with Crippen LogP contribution in [0.4, 0.5) is 26.3 Å². The maximum absolute atomic E-state index is 14.9. The van der Waals surface area contributed by atoms with Gasteiger partial charge in [0, 0.05) is 0 Å². The first kappa shape index (κ1) is 40.0. The van der Waals surface area contributed by atoms with E-state index >= 15 is 0 Å². The third-order valence-corrected chi connectivity index (χ3v) is 8.66. The van der Waals surface area contributed by atoms with Gasteiger partial charge in [0.25, 0.3) is 0 Å². The first-order valence-corrected chi connectivity index (χ1v) is 15.5. The Morgan fingerprint density at radius 2 is 0.792 bits per heavy atom. The SMILES string of the molecule is O=C(Oc1ccc(C(c2ccc(OC(=O)c3ccc(C(=O)O)c(C(=O)O)c3)c(Br)c2)(C(F)(F)F)C(F)(F)F)cc1Br)c1ccc(C(=O)O)c(C(=O)O)c1. The molecule has 12 nitrogen and oxygen atoms in total. The Balaban J connectivity index is 1.74. The van der Waals surface area contributed by atoms with Gasteiger partial charge < -0.3 is 29.9 Å². The molecular formula is C33H16Br2F6O12. The van der Waals surface area contributed by atoms with Crippen molar-refractivity contribution >= 4 is 67.7 Å². The Labute approximate surface area is 307 Å². The minimum atomic E-state index is -6.11. The lowest BCUT2D eigenvalue weighted by Crippen LogP contribution is -2.54. The highest BCUT2D eigenvalue weighted by molar-refractivity contribution is 9.11. The molecule has 4 rings (SSSR count). The van der Waals surface area contributed by atoms with Crippen LogP contribution < -0.4 is 9.47 Å². The summed E-state index contributed by atoms with van der Waals surface area (Å²) in [6, 6.07) is 7.29. The van der Waals surface area contributed by atoms with Crippen molar-refractivity contribution in [1.82, 2.24) is 0 Å². The molecule has 4 N–H and O–H groups in total. The quantitative estimate of drug-likeness (QED) is 0.0684. The van der Waals surface area contributed by atoms with Gasteiger partial charge in [0.1, 0.15) is 11.5 Å². The third-order valence-electron chi connectivity index (χ3n) is 7.42. The Hall–Kier alpha value is -5.76. The molecule has 0 spiro atoms. The summed E-state index contributed by atoms with van der Waals surface area (Å²) < 4.78 is 98.0. The van der Waals surface area contributed by atoms with Crippen molar-refractivity contribution in [2.45, 2.75) is 17.8 Å². The average Bonchev–Trinajstić information content (AvgIpc) is 3.05. The number of esters is 2. The van der Waals surface area contributed by atoms with Crippen molar-refractivity contribution in [3.05, 3.63) is 126 Å². The van der Waals surface area contributed by atoms with E-state index in [-0.39, 0.29) is 0 Å². The second kappa shape index (κ2) is 14.7. The molecule has 0 saturated carbocycles. The van der Waals surface area contributed by atoms with E-state index in [0.717, 1.165) is 24.3 Å². The number of aromatic carboxylic acids is 4. The van der Waals surface area contributed by atoms with E-state index in [1.807, 2.05) is 0 Å². The van der Waals surface area contributed by atoms with Crippen molar-refractivity contribution in [2.75, 3.05) is 0 Å². The molecular weight excluding hydrogens is 862 g/mol. The fourth-order valence-corrected chi connectivity index (χ4v) is 5.92. The van der Waals surface area contributed by atoms with Gasteiger partial charge in [-0.3, -0.25) is 0 Å². The fourth-order valence-electron chi connectivity index (χ4n) is 5.00. The minimum Gasteiger partial charge on any atom is -0.478 e. The monoisotopic (exact) mass is 876 g/mol. The number of alkyl halides is 6. The number of hydrogen-bond donors (Lipinski definition) is 4. The molecule has 0 saturated heterocycles. The Kier molecular flexibility index (Phi) is 11.1. The second-order valence-electron chi connectivity index (χ2n) is 10.6. The maximum Gasteiger partial charge on any atom is 0.411 e. The number of carbonyl (C=O) groups is 6. The van der Waals surface area contributed by atoms with Crippen LogP contribution in [0.5, 0.6) is 11.5 Å². The van der Waals surface area contributed by atoms with Crippen molar-refractivity contribution in [2.24, 2.45) is 0 Å². The molecule has 0 bridgehead atoms. The maximum atomic E-state index is 14.9. The van der Waals surface area contributed by atoms with Crippen LogP contribution in [0, 0.1) is 0 Å². The molecule has 276 valence electrons. The number of carboxylic acids is 4. The topological polar surface area (TPSA) is 202 Å². The van der Waals surface area contributed by atoms with Crippen LogP contribution in [-0.2, 0) is 5.41 Å². The van der Waals surface area contributed by atoms with Crippen LogP contribution in [0.3, 0.4) is 0 Å². The molecule has 0 aliphatic carbocycles. The van der Waals surface area contributed by atoms with Crippen LogP contribution in [-0.4, -0.2) is 68.6 Å². The molecule has 0 aromatic heterocycles. The molecule has 0 radical (unpaired) electrons. The van der Waals surface area contributed by atoms with Crippen molar-refractivity contribution in [3.63, 3.8) is 0 Å². The van der Waals surface area contributed by atoms with Gasteiger partial charge in [0.15, 0.2) is 0 Å². The number of carboxylic acid groups (broad SMARTS) is 4. The zero-order chi connectivity index (χ0) is 39.8. The van der Waals surface area contributed by atoms with E-state index in [0.29, 0.717) is 48.5 Å². The summed E-state index contributed by atoms with van der Waals surface area (Å²) in [7, 11) is 0. The lowest BCUT2D eigenvalue weighted by Gasteiger charge is -2.38. The third kappa shape index (κ3) is 7.72. The molecule has 4 aromatic rings. The molecule has 53 heavy (non-hydrogen) atoms. The normalized spacial score (nSPS) is 11.8. The summed E-state index contributed by atoms with van der Waals surface area (Å²) in [6.07, 6.45) is -12.2. The highest BCUT2D eigenvalue weighted by Crippen LogP contribution is 2.57. The van der Waals surface area contributed by atoms with Gasteiger partial charge in [-0.1, -0.05) is 12.1 Å². The van der Waals surface area contributed by atoms with Crippen molar-refractivity contribution < 1.29 is 85.0 Å². The summed E-state index contributed by atoms with van der Waals surface area (Å²) in [5.74, 6) is -10.6. The number of carbonyl (C=O) groups excluding carboxylic acids is 2. The molecule has 4 aromatic carbocycles. The van der Waals surface area contributed by atoms with Gasteiger partial charge in [-0.25, -0.2) is 28.8 Å². The van der Waals surface area contributed by atoms with E-state index in [1.165, 1.54) is 0 Å². The van der Waals surface area contributed by atoms with Crippen LogP contribution in [0.15, 0.2) is 81.7 Å². The summed E-state index contributed by atoms with van der Waals surface area (Å²) in [5, 5.41) is 36.9. The van der Waals surface area contributed by atoms with E-state index in [2.05, 4.69) is 31.9 Å². The average molecular weight is 878 g/mol. The predicted octanol–water partition coefficient (Wildman–Crippen LogP) is 7.85. The summed E-state index contributed by atoms with van der Waals surface area (Å²) in [5.41, 5.74) is -11.7. The fraction of sp³-hybridized carbons (Fsp3) is 0.0909. The van der Waals surface area contributed by atoms with Crippen LogP contribution >= 0.6 is 31.9 Å². The summed E-state index contributed by atoms with van der Waals surface area (Å²) in [6.45, 7) is 0. The number of hydrogen-bond acceptors (Lipinski definition) is 8. The van der Waals surface area contributed by atoms with E-state index in [4.69, 9.17) is 19.7 Å². The lowest BCUT2D eigenvalue weighted by molar-refractivity contribution is -0.288. The molecule has 0 unspecified atom stereocenters. The molecule has 0 atom stereocenters. The molecule has 0 heterocycles.